The Bertz CT molecular complexity index is 967. The van der Waals surface area contributed by atoms with Crippen LogP contribution in [-0.2, 0) is 13.0 Å². The van der Waals surface area contributed by atoms with Crippen molar-refractivity contribution >= 4 is 23.1 Å². The molecule has 0 amide bonds. The Labute approximate surface area is 142 Å². The molecule has 0 saturated heterocycles. The molecule has 0 aliphatic rings. The van der Waals surface area contributed by atoms with Gasteiger partial charge in [-0.05, 0) is 18.1 Å². The minimum atomic E-state index is -0.235. The lowest BCUT2D eigenvalue weighted by atomic mass is 10.2. The minimum absolute atomic E-state index is 0.235. The van der Waals surface area contributed by atoms with Crippen molar-refractivity contribution in [3.63, 3.8) is 0 Å². The van der Waals surface area contributed by atoms with E-state index in [0.29, 0.717) is 40.8 Å². The predicted octanol–water partition coefficient (Wildman–Crippen LogP) is 2.51. The Morgan fingerprint density at radius 1 is 1.46 bits per heavy atom. The van der Waals surface area contributed by atoms with Crippen LogP contribution in [-0.4, -0.2) is 19.6 Å². The van der Waals surface area contributed by atoms with Crippen molar-refractivity contribution in [1.82, 2.24) is 19.6 Å². The molecular weight excluding hydrogens is 328 g/mol. The van der Waals surface area contributed by atoms with Gasteiger partial charge >= 0.3 is 0 Å². The van der Waals surface area contributed by atoms with E-state index in [9.17, 15) is 10.1 Å². The van der Waals surface area contributed by atoms with Crippen molar-refractivity contribution in [2.75, 3.05) is 5.32 Å². The Morgan fingerprint density at radius 2 is 2.29 bits per heavy atom. The summed E-state index contributed by atoms with van der Waals surface area (Å²) in [6, 6.07) is 7.12. The number of aromatic nitrogens is 4. The molecule has 24 heavy (non-hydrogen) atoms. The minimum Gasteiger partial charge on any atom is -0.365 e. The normalized spacial score (nSPS) is 10.7. The number of fused-ring (bicyclic) bond motifs is 1. The average molecular weight is 343 g/mol. The molecule has 2 N–H and O–H groups in total. The molecule has 0 aliphatic heterocycles. The largest absolute Gasteiger partial charge is 0.365 e. The molecule has 0 fully saturated rings. The zero-order valence-corrected chi connectivity index (χ0v) is 13.8. The summed E-state index contributed by atoms with van der Waals surface area (Å²) in [4.78, 5) is 20.6. The van der Waals surface area contributed by atoms with Gasteiger partial charge in [-0.25, -0.2) is 9.97 Å². The zero-order chi connectivity index (χ0) is 17.1. The molecule has 0 aliphatic carbocycles. The maximum absolute atomic E-state index is 12.2. The van der Waals surface area contributed by atoms with Gasteiger partial charge in [0.25, 0.3) is 5.56 Å². The Balaban J connectivity index is 1.96. The standard InChI is InChI=1S/C16H15ClN6O/c1-2-3-11-6-14(24)23-16(21-11)12(7-18)15(22-23)20-9-10-4-5-13(17)19-8-10/h4-6,8,20,22H,2-3,9H2,1H3. The maximum atomic E-state index is 12.2. The van der Waals surface area contributed by atoms with E-state index in [2.05, 4.69) is 26.5 Å². The SMILES string of the molecule is CCCc1cc(=O)n2[nH]c(NCc3ccc(Cl)nc3)c(C#N)c2n1. The van der Waals surface area contributed by atoms with Crippen molar-refractivity contribution in [2.45, 2.75) is 26.3 Å². The first kappa shape index (κ1) is 16.0. The maximum Gasteiger partial charge on any atom is 0.272 e. The third-order valence-corrected chi connectivity index (χ3v) is 3.77. The van der Waals surface area contributed by atoms with Crippen molar-refractivity contribution in [1.29, 1.82) is 5.26 Å². The van der Waals surface area contributed by atoms with Crippen LogP contribution in [0.15, 0.2) is 29.2 Å². The van der Waals surface area contributed by atoms with E-state index >= 15 is 0 Å². The van der Waals surface area contributed by atoms with Crippen LogP contribution in [0.2, 0.25) is 5.15 Å². The molecule has 122 valence electrons. The van der Waals surface area contributed by atoms with Gasteiger partial charge < -0.3 is 5.32 Å². The number of aryl methyl sites for hydroxylation is 1. The van der Waals surface area contributed by atoms with Crippen LogP contribution in [0.1, 0.15) is 30.2 Å². The second kappa shape index (κ2) is 6.72. The van der Waals surface area contributed by atoms with Crippen molar-refractivity contribution in [3.8, 4) is 6.07 Å². The number of H-pyrrole nitrogens is 1. The summed E-state index contributed by atoms with van der Waals surface area (Å²) in [5.41, 5.74) is 2.00. The molecule has 3 aromatic heterocycles. The first-order valence-electron chi connectivity index (χ1n) is 7.51. The van der Waals surface area contributed by atoms with E-state index in [1.54, 1.807) is 12.3 Å². The summed E-state index contributed by atoms with van der Waals surface area (Å²) in [6.07, 6.45) is 3.22. The second-order valence-corrected chi connectivity index (χ2v) is 5.70. The van der Waals surface area contributed by atoms with Crippen molar-refractivity contribution < 1.29 is 0 Å². The lowest BCUT2D eigenvalue weighted by molar-refractivity contribution is 0.839. The van der Waals surface area contributed by atoms with Crippen LogP contribution >= 0.6 is 11.6 Å². The van der Waals surface area contributed by atoms with Crippen LogP contribution in [0.3, 0.4) is 0 Å². The second-order valence-electron chi connectivity index (χ2n) is 5.31. The van der Waals surface area contributed by atoms with E-state index in [-0.39, 0.29) is 5.56 Å². The fourth-order valence-corrected chi connectivity index (χ4v) is 2.52. The third kappa shape index (κ3) is 3.09. The molecule has 0 atom stereocenters. The highest BCUT2D eigenvalue weighted by molar-refractivity contribution is 6.29. The predicted molar refractivity (Wildman–Crippen MR) is 91.1 cm³/mol. The van der Waals surface area contributed by atoms with Crippen molar-refractivity contribution in [3.05, 3.63) is 56.7 Å². The molecule has 0 aromatic carbocycles. The van der Waals surface area contributed by atoms with Crippen molar-refractivity contribution in [2.24, 2.45) is 0 Å². The van der Waals surface area contributed by atoms with Crippen LogP contribution in [0.4, 0.5) is 5.82 Å². The molecule has 0 unspecified atom stereocenters. The molecular formula is C16H15ClN6O. The third-order valence-electron chi connectivity index (χ3n) is 3.54. The average Bonchev–Trinajstić information content (AvgIpc) is 2.93. The van der Waals surface area contributed by atoms with Crippen LogP contribution in [0.25, 0.3) is 5.65 Å². The summed E-state index contributed by atoms with van der Waals surface area (Å²) in [5, 5.41) is 15.9. The summed E-state index contributed by atoms with van der Waals surface area (Å²) < 4.78 is 1.28. The van der Waals surface area contributed by atoms with Gasteiger partial charge in [-0.3, -0.25) is 9.89 Å². The van der Waals surface area contributed by atoms with Crippen LogP contribution in [0.5, 0.6) is 0 Å². The number of nitrogens with zero attached hydrogens (tertiary/aromatic N) is 4. The molecule has 0 radical (unpaired) electrons. The Morgan fingerprint density at radius 3 is 2.96 bits per heavy atom. The summed E-state index contributed by atoms with van der Waals surface area (Å²) in [7, 11) is 0. The van der Waals surface area contributed by atoms with E-state index in [4.69, 9.17) is 11.6 Å². The topological polar surface area (TPSA) is 98.9 Å². The molecule has 8 heteroatoms. The van der Waals surface area contributed by atoms with Gasteiger partial charge in [0.1, 0.15) is 22.6 Å². The van der Waals surface area contributed by atoms with Crippen LogP contribution in [0, 0.1) is 11.3 Å². The van der Waals surface area contributed by atoms with E-state index in [1.165, 1.54) is 10.6 Å². The number of hydrogen-bond acceptors (Lipinski definition) is 5. The number of hydrogen-bond donors (Lipinski definition) is 2. The van der Waals surface area contributed by atoms with E-state index < -0.39 is 0 Å². The monoisotopic (exact) mass is 342 g/mol. The molecule has 7 nitrogen and oxygen atoms in total. The summed E-state index contributed by atoms with van der Waals surface area (Å²) in [6.45, 7) is 2.45. The number of nitriles is 1. The highest BCUT2D eigenvalue weighted by Gasteiger charge is 2.15. The van der Waals surface area contributed by atoms with Gasteiger partial charge in [-0.2, -0.15) is 9.78 Å². The number of aromatic amines is 1. The number of rotatable bonds is 5. The fourth-order valence-electron chi connectivity index (χ4n) is 2.40. The lowest BCUT2D eigenvalue weighted by Crippen LogP contribution is -2.15. The first-order valence-corrected chi connectivity index (χ1v) is 7.89. The van der Waals surface area contributed by atoms with Gasteiger partial charge in [-0.1, -0.05) is 31.0 Å². The first-order chi connectivity index (χ1) is 11.6. The molecule has 0 saturated carbocycles. The van der Waals surface area contributed by atoms with Gasteiger partial charge in [-0.15, -0.1) is 0 Å². The molecule has 3 heterocycles. The number of anilines is 1. The molecule has 0 bridgehead atoms. The van der Waals surface area contributed by atoms with Gasteiger partial charge in [0, 0.05) is 24.5 Å². The smallest absolute Gasteiger partial charge is 0.272 e. The molecule has 3 rings (SSSR count). The zero-order valence-electron chi connectivity index (χ0n) is 13.0. The Hall–Kier alpha value is -2.85. The number of nitrogens with one attached hydrogen (secondary N) is 2. The van der Waals surface area contributed by atoms with Crippen LogP contribution < -0.4 is 10.9 Å². The van der Waals surface area contributed by atoms with Gasteiger partial charge in [0.05, 0.1) is 0 Å². The quantitative estimate of drug-likeness (QED) is 0.694. The molecule has 0 spiro atoms. The highest BCUT2D eigenvalue weighted by atomic mass is 35.5. The van der Waals surface area contributed by atoms with E-state index in [0.717, 1.165) is 12.0 Å². The summed E-state index contributed by atoms with van der Waals surface area (Å²) in [5.74, 6) is 0.450. The lowest BCUT2D eigenvalue weighted by Gasteiger charge is -2.03. The Kier molecular flexibility index (Phi) is 4.49. The molecule has 3 aromatic rings. The number of halogens is 1. The summed E-state index contributed by atoms with van der Waals surface area (Å²) >= 11 is 5.76. The highest BCUT2D eigenvalue weighted by Crippen LogP contribution is 2.18. The van der Waals surface area contributed by atoms with Gasteiger partial charge in [0.15, 0.2) is 5.65 Å². The van der Waals surface area contributed by atoms with Gasteiger partial charge in [0.2, 0.25) is 0 Å². The fraction of sp³-hybridized carbons (Fsp3) is 0.250. The number of pyridine rings is 1. The van der Waals surface area contributed by atoms with E-state index in [1.807, 2.05) is 13.0 Å².